The number of nitrogens with zero attached hydrogens (tertiary/aromatic N) is 3. The van der Waals surface area contributed by atoms with Crippen molar-refractivity contribution >= 4 is 17.8 Å². The van der Waals surface area contributed by atoms with Crippen molar-refractivity contribution in [1.82, 2.24) is 9.78 Å². The molecule has 0 spiro atoms. The van der Waals surface area contributed by atoms with Gasteiger partial charge in [0.2, 0.25) is 5.95 Å². The molecule has 0 unspecified atom stereocenters. The number of amides is 1. The molecule has 0 saturated carbocycles. The molecule has 0 bridgehead atoms. The number of rotatable bonds is 5. The number of hydrogen-bond acceptors (Lipinski definition) is 4. The largest absolute Gasteiger partial charge is 0.399 e. The zero-order valence-electron chi connectivity index (χ0n) is 17.1. The van der Waals surface area contributed by atoms with Crippen LogP contribution in [0.15, 0.2) is 41.6 Å². The number of carbonyl (C=O) groups excluding carboxylic acids is 1. The minimum Gasteiger partial charge on any atom is -0.399 e. The van der Waals surface area contributed by atoms with Gasteiger partial charge in [0.1, 0.15) is 12.7 Å². The molecule has 1 N–H and O–H groups in total. The second-order valence-electron chi connectivity index (χ2n) is 6.81. The Bertz CT molecular complexity index is 1100. The number of halogens is 1. The number of hydrogen-bond donors (Lipinski definition) is 1. The molecular formula is C22H23FN4O2. The molecule has 0 aliphatic carbocycles. The highest BCUT2D eigenvalue weighted by Crippen LogP contribution is 2.33. The maximum atomic E-state index is 14.3. The number of anilines is 1. The Morgan fingerprint density at radius 2 is 1.97 bits per heavy atom. The molecule has 3 rings (SSSR count). The average Bonchev–Trinajstić information content (AvgIpc) is 2.92. The minimum absolute atomic E-state index is 0.0535. The smallest absolute Gasteiger partial charge is 0.262 e. The third-order valence-electron chi connectivity index (χ3n) is 4.76. The molecule has 6 nitrogen and oxygen atoms in total. The molecule has 0 fully saturated rings. The standard InChI is InChI=1S/C22H23FN4O2/c1-13-7-6-8-18(25-22(28)20-15(3)26-27(4)21(20)23)19(13)16-9-10-17(12-24-29-5)14(2)11-16/h6-12H,1-5H3,(H,25,28)/b24-12+. The molecule has 1 heterocycles. The van der Waals surface area contributed by atoms with Gasteiger partial charge in [0.15, 0.2) is 0 Å². The Morgan fingerprint density at radius 1 is 1.21 bits per heavy atom. The van der Waals surface area contributed by atoms with Gasteiger partial charge in [-0.2, -0.15) is 9.49 Å². The van der Waals surface area contributed by atoms with Gasteiger partial charge in [-0.05, 0) is 49.1 Å². The highest BCUT2D eigenvalue weighted by molar-refractivity contribution is 6.07. The van der Waals surface area contributed by atoms with Gasteiger partial charge < -0.3 is 10.2 Å². The van der Waals surface area contributed by atoms with Crippen LogP contribution in [0.5, 0.6) is 0 Å². The average molecular weight is 394 g/mol. The third kappa shape index (κ3) is 4.03. The van der Waals surface area contributed by atoms with Crippen LogP contribution in [0.3, 0.4) is 0 Å². The van der Waals surface area contributed by atoms with Gasteiger partial charge in [-0.25, -0.2) is 4.68 Å². The van der Waals surface area contributed by atoms with Gasteiger partial charge in [-0.1, -0.05) is 35.5 Å². The summed E-state index contributed by atoms with van der Waals surface area (Å²) in [4.78, 5) is 17.5. The monoisotopic (exact) mass is 394 g/mol. The Balaban J connectivity index is 2.01. The highest BCUT2D eigenvalue weighted by atomic mass is 19.1. The van der Waals surface area contributed by atoms with E-state index < -0.39 is 11.9 Å². The van der Waals surface area contributed by atoms with Crippen molar-refractivity contribution in [2.24, 2.45) is 12.2 Å². The molecule has 150 valence electrons. The first kappa shape index (κ1) is 20.3. The topological polar surface area (TPSA) is 68.5 Å². The maximum absolute atomic E-state index is 14.3. The molecule has 7 heteroatoms. The van der Waals surface area contributed by atoms with E-state index in [2.05, 4.69) is 15.6 Å². The fourth-order valence-electron chi connectivity index (χ4n) is 3.31. The van der Waals surface area contributed by atoms with Gasteiger partial charge in [0.25, 0.3) is 5.91 Å². The minimum atomic E-state index is -0.660. The lowest BCUT2D eigenvalue weighted by Gasteiger charge is -2.15. The van der Waals surface area contributed by atoms with Gasteiger partial charge in [0, 0.05) is 18.3 Å². The predicted molar refractivity (Wildman–Crippen MR) is 112 cm³/mol. The van der Waals surface area contributed by atoms with Crippen molar-refractivity contribution in [3.63, 3.8) is 0 Å². The number of nitrogens with one attached hydrogen (secondary N) is 1. The van der Waals surface area contributed by atoms with Crippen molar-refractivity contribution in [2.45, 2.75) is 20.8 Å². The predicted octanol–water partition coefficient (Wildman–Crippen LogP) is 4.38. The van der Waals surface area contributed by atoms with Crippen LogP contribution >= 0.6 is 0 Å². The third-order valence-corrected chi connectivity index (χ3v) is 4.76. The quantitative estimate of drug-likeness (QED) is 0.516. The summed E-state index contributed by atoms with van der Waals surface area (Å²) < 4.78 is 15.4. The van der Waals surface area contributed by atoms with E-state index in [1.54, 1.807) is 19.2 Å². The van der Waals surface area contributed by atoms with E-state index in [1.807, 2.05) is 44.2 Å². The van der Waals surface area contributed by atoms with E-state index in [0.717, 1.165) is 32.5 Å². The zero-order chi connectivity index (χ0) is 21.1. The normalized spacial score (nSPS) is 11.1. The van der Waals surface area contributed by atoms with Crippen molar-refractivity contribution in [3.8, 4) is 11.1 Å². The fourth-order valence-corrected chi connectivity index (χ4v) is 3.31. The van der Waals surface area contributed by atoms with E-state index in [-0.39, 0.29) is 5.56 Å². The Hall–Kier alpha value is -3.48. The van der Waals surface area contributed by atoms with E-state index >= 15 is 0 Å². The molecule has 0 aliphatic rings. The molecule has 3 aromatic rings. The van der Waals surface area contributed by atoms with E-state index in [4.69, 9.17) is 4.84 Å². The molecule has 29 heavy (non-hydrogen) atoms. The number of benzene rings is 2. The van der Waals surface area contributed by atoms with Crippen LogP contribution in [0, 0.1) is 26.7 Å². The summed E-state index contributed by atoms with van der Waals surface area (Å²) >= 11 is 0. The van der Waals surface area contributed by atoms with Gasteiger partial charge >= 0.3 is 0 Å². The van der Waals surface area contributed by atoms with Gasteiger partial charge in [-0.15, -0.1) is 0 Å². The lowest BCUT2D eigenvalue weighted by molar-refractivity contribution is 0.102. The number of oxime groups is 1. The number of aryl methyl sites for hydroxylation is 4. The summed E-state index contributed by atoms with van der Waals surface area (Å²) in [6.07, 6.45) is 1.65. The summed E-state index contributed by atoms with van der Waals surface area (Å²) in [5, 5.41) is 10.6. The number of carbonyl (C=O) groups is 1. The first-order valence-electron chi connectivity index (χ1n) is 9.11. The van der Waals surface area contributed by atoms with Crippen LogP contribution in [0.4, 0.5) is 10.1 Å². The Kier molecular flexibility index (Phi) is 5.77. The van der Waals surface area contributed by atoms with Gasteiger partial charge in [0.05, 0.1) is 11.9 Å². The van der Waals surface area contributed by atoms with E-state index in [0.29, 0.717) is 11.4 Å². The van der Waals surface area contributed by atoms with E-state index in [9.17, 15) is 9.18 Å². The Labute approximate surface area is 169 Å². The molecule has 0 radical (unpaired) electrons. The van der Waals surface area contributed by atoms with Crippen LogP contribution < -0.4 is 5.32 Å². The van der Waals surface area contributed by atoms with Crippen LogP contribution in [0.25, 0.3) is 11.1 Å². The molecule has 2 aromatic carbocycles. The van der Waals surface area contributed by atoms with Crippen molar-refractivity contribution < 1.29 is 14.0 Å². The van der Waals surface area contributed by atoms with Crippen LogP contribution in [-0.2, 0) is 11.9 Å². The molecule has 1 amide bonds. The molecule has 0 aliphatic heterocycles. The lowest BCUT2D eigenvalue weighted by atomic mass is 9.95. The van der Waals surface area contributed by atoms with Crippen LogP contribution in [-0.4, -0.2) is 29.0 Å². The summed E-state index contributed by atoms with van der Waals surface area (Å²) in [5.41, 5.74) is 5.65. The second-order valence-corrected chi connectivity index (χ2v) is 6.81. The summed E-state index contributed by atoms with van der Waals surface area (Å²) in [6, 6.07) is 11.5. The van der Waals surface area contributed by atoms with Crippen LogP contribution in [0.2, 0.25) is 0 Å². The lowest BCUT2D eigenvalue weighted by Crippen LogP contribution is -2.15. The maximum Gasteiger partial charge on any atom is 0.262 e. The first-order chi connectivity index (χ1) is 13.8. The summed E-state index contributed by atoms with van der Waals surface area (Å²) in [7, 11) is 2.96. The molecule has 0 atom stereocenters. The first-order valence-corrected chi connectivity index (χ1v) is 9.11. The highest BCUT2D eigenvalue weighted by Gasteiger charge is 2.22. The molecule has 0 saturated heterocycles. The van der Waals surface area contributed by atoms with Crippen molar-refractivity contribution in [1.29, 1.82) is 0 Å². The fraction of sp³-hybridized carbons (Fsp3) is 0.227. The zero-order valence-corrected chi connectivity index (χ0v) is 17.1. The van der Waals surface area contributed by atoms with Crippen molar-refractivity contribution in [2.75, 3.05) is 12.4 Å². The van der Waals surface area contributed by atoms with E-state index in [1.165, 1.54) is 14.2 Å². The number of aromatic nitrogens is 2. The van der Waals surface area contributed by atoms with Gasteiger partial charge in [-0.3, -0.25) is 4.79 Å². The SMILES string of the molecule is CO/N=C/c1ccc(-c2c(C)cccc2NC(=O)c2c(C)nn(C)c2F)cc1C. The van der Waals surface area contributed by atoms with Crippen LogP contribution in [0.1, 0.15) is 32.7 Å². The second kappa shape index (κ2) is 8.26. The summed E-state index contributed by atoms with van der Waals surface area (Å²) in [5.74, 6) is -1.19. The molecule has 1 aromatic heterocycles. The van der Waals surface area contributed by atoms with Crippen molar-refractivity contribution in [3.05, 3.63) is 70.3 Å². The Morgan fingerprint density at radius 3 is 2.59 bits per heavy atom. The molecular weight excluding hydrogens is 371 g/mol. The summed E-state index contributed by atoms with van der Waals surface area (Å²) in [6.45, 7) is 5.56.